The molecule has 9 nitrogen and oxygen atoms in total. The summed E-state index contributed by atoms with van der Waals surface area (Å²) in [7, 11) is 3.47. The highest BCUT2D eigenvalue weighted by atomic mass is 19.1. The van der Waals surface area contributed by atoms with Crippen LogP contribution in [0.15, 0.2) is 36.7 Å². The number of halogens is 1. The van der Waals surface area contributed by atoms with Crippen molar-refractivity contribution in [3.8, 4) is 22.8 Å². The molecular formula is C26H28FN5O4. The zero-order valence-electron chi connectivity index (χ0n) is 20.1. The summed E-state index contributed by atoms with van der Waals surface area (Å²) in [4.78, 5) is 23.1. The first-order valence-corrected chi connectivity index (χ1v) is 12.1. The summed E-state index contributed by atoms with van der Waals surface area (Å²) in [6.07, 6.45) is 4.17. The number of rotatable bonds is 7. The Kier molecular flexibility index (Phi) is 5.77. The molecule has 10 heteroatoms. The summed E-state index contributed by atoms with van der Waals surface area (Å²) in [6, 6.07) is 6.63. The maximum absolute atomic E-state index is 14.5. The summed E-state index contributed by atoms with van der Waals surface area (Å²) >= 11 is 0. The molecule has 36 heavy (non-hydrogen) atoms. The van der Waals surface area contributed by atoms with Crippen LogP contribution in [-0.4, -0.2) is 73.4 Å². The van der Waals surface area contributed by atoms with E-state index in [9.17, 15) is 9.18 Å². The molecule has 0 radical (unpaired) electrons. The molecule has 2 aliphatic heterocycles. The lowest BCUT2D eigenvalue weighted by atomic mass is 10.0. The molecular weight excluding hydrogens is 465 g/mol. The third-order valence-corrected chi connectivity index (χ3v) is 6.99. The van der Waals surface area contributed by atoms with Gasteiger partial charge in [-0.2, -0.15) is 0 Å². The molecule has 0 bridgehead atoms. The number of hydrogen-bond acceptors (Lipinski definition) is 7. The minimum absolute atomic E-state index is 0.0548. The molecule has 0 spiro atoms. The second-order valence-corrected chi connectivity index (χ2v) is 9.47. The van der Waals surface area contributed by atoms with E-state index in [4.69, 9.17) is 14.2 Å². The number of nitrogens with zero attached hydrogens (tertiary/aromatic N) is 2. The lowest BCUT2D eigenvalue weighted by molar-refractivity contribution is -0.0403. The van der Waals surface area contributed by atoms with Crippen LogP contribution in [0.25, 0.3) is 11.3 Å². The SMILES string of the molecule is COc1c(F)cccc1Nc1c(-c2ccncc2OC[C@H]2CN(C)CCO2)[nH]c2c1C(=O)N[C@@H]1C[C@H]21. The number of anilines is 2. The highest BCUT2D eigenvalue weighted by molar-refractivity contribution is 6.07. The number of pyridine rings is 1. The number of hydrogen-bond donors (Lipinski definition) is 3. The molecule has 1 aliphatic carbocycles. The fourth-order valence-electron chi connectivity index (χ4n) is 5.08. The highest BCUT2D eigenvalue weighted by Crippen LogP contribution is 2.51. The van der Waals surface area contributed by atoms with Gasteiger partial charge in [0.2, 0.25) is 0 Å². The number of para-hydroxylation sites is 1. The van der Waals surface area contributed by atoms with Gasteiger partial charge in [0.25, 0.3) is 5.91 Å². The smallest absolute Gasteiger partial charge is 0.255 e. The normalized spacial score (nSPS) is 22.9. The average molecular weight is 494 g/mol. The zero-order chi connectivity index (χ0) is 24.8. The van der Waals surface area contributed by atoms with Crippen molar-refractivity contribution < 1.29 is 23.4 Å². The van der Waals surface area contributed by atoms with E-state index in [0.717, 1.165) is 30.8 Å². The standard InChI is InChI=1S/C26H28FN5O4/c1-32-8-9-35-14(12-32)13-36-20-11-28-7-6-15(20)23-24(29-18-5-3-4-17(27)25(18)34-2)21-22(31-23)16-10-19(16)30-26(21)33/h3-7,11,14,16,19,29,31H,8-10,12-13H2,1-2H3,(H,30,33)/t14-,16+,19-/m1/s1. The second kappa shape index (κ2) is 9.11. The van der Waals surface area contributed by atoms with Crippen molar-refractivity contribution in [2.45, 2.75) is 24.5 Å². The molecule has 3 aromatic rings. The van der Waals surface area contributed by atoms with Crippen molar-refractivity contribution in [2.24, 2.45) is 0 Å². The molecule has 1 saturated heterocycles. The molecule has 0 unspecified atom stereocenters. The van der Waals surface area contributed by atoms with Crippen LogP contribution in [0.3, 0.4) is 0 Å². The Morgan fingerprint density at radius 3 is 3.06 bits per heavy atom. The van der Waals surface area contributed by atoms with E-state index in [2.05, 4.69) is 32.5 Å². The molecule has 1 amide bonds. The maximum atomic E-state index is 14.5. The predicted octanol–water partition coefficient (Wildman–Crippen LogP) is 3.28. The van der Waals surface area contributed by atoms with E-state index in [-0.39, 0.29) is 29.7 Å². The van der Waals surface area contributed by atoms with Gasteiger partial charge in [0.15, 0.2) is 11.6 Å². The molecule has 3 N–H and O–H groups in total. The van der Waals surface area contributed by atoms with Gasteiger partial charge in [-0.05, 0) is 31.7 Å². The van der Waals surface area contributed by atoms with Gasteiger partial charge < -0.3 is 34.7 Å². The van der Waals surface area contributed by atoms with E-state index >= 15 is 0 Å². The lowest BCUT2D eigenvalue weighted by Gasteiger charge is -2.30. The number of carbonyl (C=O) groups is 1. The van der Waals surface area contributed by atoms with Gasteiger partial charge in [-0.15, -0.1) is 0 Å². The fourth-order valence-corrected chi connectivity index (χ4v) is 5.08. The molecule has 2 aromatic heterocycles. The van der Waals surface area contributed by atoms with E-state index in [1.54, 1.807) is 24.5 Å². The number of aromatic amines is 1. The third kappa shape index (κ3) is 4.06. The molecule has 4 heterocycles. The summed E-state index contributed by atoms with van der Waals surface area (Å²) in [5, 5.41) is 6.34. The minimum Gasteiger partial charge on any atom is -0.492 e. The Labute approximate surface area is 207 Å². The predicted molar refractivity (Wildman–Crippen MR) is 132 cm³/mol. The van der Waals surface area contributed by atoms with E-state index in [0.29, 0.717) is 41.6 Å². The largest absolute Gasteiger partial charge is 0.492 e. The molecule has 188 valence electrons. The zero-order valence-corrected chi connectivity index (χ0v) is 20.1. The first kappa shape index (κ1) is 22.8. The van der Waals surface area contributed by atoms with Crippen LogP contribution in [0.5, 0.6) is 11.5 Å². The number of carbonyl (C=O) groups excluding carboxylic acids is 1. The van der Waals surface area contributed by atoms with Crippen LogP contribution in [0.4, 0.5) is 15.8 Å². The number of methoxy groups -OCH3 is 1. The van der Waals surface area contributed by atoms with Gasteiger partial charge in [-0.3, -0.25) is 9.78 Å². The van der Waals surface area contributed by atoms with Crippen LogP contribution in [0.1, 0.15) is 28.4 Å². The van der Waals surface area contributed by atoms with Crippen molar-refractivity contribution in [3.63, 3.8) is 0 Å². The Balaban J connectivity index is 1.40. The summed E-state index contributed by atoms with van der Waals surface area (Å²) in [5.41, 5.74) is 3.77. The van der Waals surface area contributed by atoms with Crippen molar-refractivity contribution in [2.75, 3.05) is 45.8 Å². The molecule has 6 rings (SSSR count). The number of benzene rings is 1. The number of H-pyrrole nitrogens is 1. The molecule has 1 aromatic carbocycles. The molecule has 3 aliphatic rings. The average Bonchev–Trinajstić information content (AvgIpc) is 3.55. The third-order valence-electron chi connectivity index (χ3n) is 6.99. The van der Waals surface area contributed by atoms with Crippen molar-refractivity contribution in [3.05, 3.63) is 53.7 Å². The summed E-state index contributed by atoms with van der Waals surface area (Å²) in [6.45, 7) is 2.71. The van der Waals surface area contributed by atoms with Crippen molar-refractivity contribution in [1.29, 1.82) is 0 Å². The second-order valence-electron chi connectivity index (χ2n) is 9.47. The summed E-state index contributed by atoms with van der Waals surface area (Å²) < 4.78 is 31.8. The topological polar surface area (TPSA) is 101 Å². The molecule has 2 fully saturated rings. The number of amides is 1. The van der Waals surface area contributed by atoms with Gasteiger partial charge >= 0.3 is 0 Å². The molecule has 1 saturated carbocycles. The van der Waals surface area contributed by atoms with Gasteiger partial charge in [-0.25, -0.2) is 4.39 Å². The Morgan fingerprint density at radius 1 is 1.33 bits per heavy atom. The number of morpholine rings is 1. The van der Waals surface area contributed by atoms with E-state index < -0.39 is 5.82 Å². The van der Waals surface area contributed by atoms with E-state index in [1.165, 1.54) is 13.2 Å². The quantitative estimate of drug-likeness (QED) is 0.464. The fraction of sp³-hybridized carbons (Fsp3) is 0.385. The Bertz CT molecular complexity index is 1310. The Morgan fingerprint density at radius 2 is 2.22 bits per heavy atom. The maximum Gasteiger partial charge on any atom is 0.255 e. The number of nitrogens with one attached hydrogen (secondary N) is 3. The van der Waals surface area contributed by atoms with Crippen LogP contribution in [0.2, 0.25) is 0 Å². The van der Waals surface area contributed by atoms with Crippen LogP contribution >= 0.6 is 0 Å². The number of ether oxygens (including phenoxy) is 3. The number of likely N-dealkylation sites (N-methyl/N-ethyl adjacent to an activating group) is 1. The Hall–Kier alpha value is -3.63. The molecule has 3 atom stereocenters. The van der Waals surface area contributed by atoms with Crippen LogP contribution < -0.4 is 20.1 Å². The van der Waals surface area contributed by atoms with Crippen LogP contribution in [-0.2, 0) is 4.74 Å². The van der Waals surface area contributed by atoms with Crippen LogP contribution in [0, 0.1) is 5.82 Å². The highest BCUT2D eigenvalue weighted by Gasteiger charge is 2.48. The van der Waals surface area contributed by atoms with Gasteiger partial charge in [0, 0.05) is 42.5 Å². The van der Waals surface area contributed by atoms with Crippen molar-refractivity contribution in [1.82, 2.24) is 20.2 Å². The summed E-state index contributed by atoms with van der Waals surface area (Å²) in [5.74, 6) is 0.197. The van der Waals surface area contributed by atoms with Gasteiger partial charge in [-0.1, -0.05) is 6.07 Å². The lowest BCUT2D eigenvalue weighted by Crippen LogP contribution is -2.42. The minimum atomic E-state index is -0.495. The van der Waals surface area contributed by atoms with Gasteiger partial charge in [0.1, 0.15) is 18.5 Å². The number of fused-ring (bicyclic) bond motifs is 3. The van der Waals surface area contributed by atoms with Crippen molar-refractivity contribution >= 4 is 17.3 Å². The van der Waals surface area contributed by atoms with Gasteiger partial charge in [0.05, 0.1) is 42.5 Å². The number of aromatic nitrogens is 2. The van der Waals surface area contributed by atoms with E-state index in [1.807, 2.05) is 6.07 Å². The monoisotopic (exact) mass is 493 g/mol. The first-order chi connectivity index (χ1) is 17.5. The first-order valence-electron chi connectivity index (χ1n) is 12.1.